The zero-order valence-electron chi connectivity index (χ0n) is 8.21. The predicted molar refractivity (Wildman–Crippen MR) is 57.3 cm³/mol. The monoisotopic (exact) mass is 229 g/mol. The standard InChI is InChI=1S/C11H13ClFNO/c12-11-3-8(13)2-1-7(11)6-14-9-4-10(15)5-9/h1-3,9-10,14-15H,4-6H2. The van der Waals surface area contributed by atoms with Gasteiger partial charge in [0.1, 0.15) is 5.82 Å². The molecule has 2 rings (SSSR count). The van der Waals surface area contributed by atoms with E-state index in [0.29, 0.717) is 17.6 Å². The zero-order chi connectivity index (χ0) is 10.8. The van der Waals surface area contributed by atoms with Crippen LogP contribution in [0.2, 0.25) is 5.02 Å². The van der Waals surface area contributed by atoms with Gasteiger partial charge in [0.15, 0.2) is 0 Å². The van der Waals surface area contributed by atoms with Gasteiger partial charge in [-0.15, -0.1) is 0 Å². The molecule has 0 spiro atoms. The summed E-state index contributed by atoms with van der Waals surface area (Å²) in [7, 11) is 0. The van der Waals surface area contributed by atoms with Gasteiger partial charge in [0.05, 0.1) is 6.10 Å². The summed E-state index contributed by atoms with van der Waals surface area (Å²) in [6.45, 7) is 0.622. The van der Waals surface area contributed by atoms with Crippen LogP contribution in [0.3, 0.4) is 0 Å². The summed E-state index contributed by atoms with van der Waals surface area (Å²) >= 11 is 5.87. The Morgan fingerprint density at radius 3 is 2.80 bits per heavy atom. The summed E-state index contributed by atoms with van der Waals surface area (Å²) in [6.07, 6.45) is 1.42. The minimum atomic E-state index is -0.317. The van der Waals surface area contributed by atoms with Crippen LogP contribution in [0.5, 0.6) is 0 Å². The molecule has 0 radical (unpaired) electrons. The molecule has 2 N–H and O–H groups in total. The van der Waals surface area contributed by atoms with Gasteiger partial charge in [-0.05, 0) is 30.5 Å². The molecule has 1 aromatic carbocycles. The van der Waals surface area contributed by atoms with Gasteiger partial charge in [-0.3, -0.25) is 0 Å². The Labute approximate surface area is 93.1 Å². The Morgan fingerprint density at radius 1 is 1.47 bits per heavy atom. The molecule has 0 aliphatic heterocycles. The molecule has 0 unspecified atom stereocenters. The van der Waals surface area contributed by atoms with E-state index in [9.17, 15) is 4.39 Å². The van der Waals surface area contributed by atoms with Crippen LogP contribution in [0.25, 0.3) is 0 Å². The maximum Gasteiger partial charge on any atom is 0.124 e. The fraction of sp³-hybridized carbons (Fsp3) is 0.455. The molecule has 1 saturated carbocycles. The third-order valence-corrected chi connectivity index (χ3v) is 3.06. The number of rotatable bonds is 3. The van der Waals surface area contributed by atoms with Crippen molar-refractivity contribution < 1.29 is 9.50 Å². The zero-order valence-corrected chi connectivity index (χ0v) is 8.97. The van der Waals surface area contributed by atoms with Crippen LogP contribution >= 0.6 is 11.6 Å². The molecular weight excluding hydrogens is 217 g/mol. The molecule has 0 bridgehead atoms. The van der Waals surface area contributed by atoms with E-state index < -0.39 is 0 Å². The van der Waals surface area contributed by atoms with Crippen LogP contribution in [0, 0.1) is 5.82 Å². The van der Waals surface area contributed by atoms with Gasteiger partial charge in [-0.2, -0.15) is 0 Å². The van der Waals surface area contributed by atoms with Crippen molar-refractivity contribution in [3.05, 3.63) is 34.6 Å². The summed E-state index contributed by atoms with van der Waals surface area (Å²) in [6, 6.07) is 4.76. The van der Waals surface area contributed by atoms with E-state index in [1.807, 2.05) is 0 Å². The summed E-state index contributed by atoms with van der Waals surface area (Å²) in [4.78, 5) is 0. The van der Waals surface area contributed by atoms with Crippen LogP contribution in [0.1, 0.15) is 18.4 Å². The van der Waals surface area contributed by atoms with Gasteiger partial charge in [0.25, 0.3) is 0 Å². The van der Waals surface area contributed by atoms with Gasteiger partial charge in [0.2, 0.25) is 0 Å². The molecule has 0 saturated heterocycles. The van der Waals surface area contributed by atoms with E-state index in [1.165, 1.54) is 12.1 Å². The Kier molecular flexibility index (Phi) is 3.24. The molecule has 1 aliphatic carbocycles. The van der Waals surface area contributed by atoms with Crippen LogP contribution in [0.4, 0.5) is 4.39 Å². The molecular formula is C11H13ClFNO. The maximum absolute atomic E-state index is 12.7. The SMILES string of the molecule is OC1CC(NCc2ccc(F)cc2Cl)C1. The molecule has 2 nitrogen and oxygen atoms in total. The van der Waals surface area contributed by atoms with E-state index in [2.05, 4.69) is 5.32 Å². The fourth-order valence-electron chi connectivity index (χ4n) is 1.67. The lowest BCUT2D eigenvalue weighted by atomic mass is 9.89. The van der Waals surface area contributed by atoms with Crippen LogP contribution < -0.4 is 5.32 Å². The Morgan fingerprint density at radius 2 is 2.20 bits per heavy atom. The van der Waals surface area contributed by atoms with E-state index >= 15 is 0 Å². The molecule has 4 heteroatoms. The van der Waals surface area contributed by atoms with Crippen molar-refractivity contribution in [1.29, 1.82) is 0 Å². The molecule has 0 amide bonds. The summed E-state index contributed by atoms with van der Waals surface area (Å²) < 4.78 is 12.7. The first-order valence-electron chi connectivity index (χ1n) is 5.00. The summed E-state index contributed by atoms with van der Waals surface area (Å²) in [5.41, 5.74) is 0.888. The first-order chi connectivity index (χ1) is 7.15. The molecule has 0 aromatic heterocycles. The largest absolute Gasteiger partial charge is 0.393 e. The lowest BCUT2D eigenvalue weighted by molar-refractivity contribution is 0.0619. The first kappa shape index (κ1) is 10.9. The van der Waals surface area contributed by atoms with Gasteiger partial charge in [-0.1, -0.05) is 17.7 Å². The normalized spacial score (nSPS) is 25.0. The topological polar surface area (TPSA) is 32.3 Å². The van der Waals surface area contributed by atoms with E-state index in [-0.39, 0.29) is 11.9 Å². The Bertz CT molecular complexity index is 352. The second-order valence-electron chi connectivity index (χ2n) is 3.94. The lowest BCUT2D eigenvalue weighted by Gasteiger charge is -2.32. The van der Waals surface area contributed by atoms with Gasteiger partial charge >= 0.3 is 0 Å². The van der Waals surface area contributed by atoms with Crippen molar-refractivity contribution in [2.24, 2.45) is 0 Å². The lowest BCUT2D eigenvalue weighted by Crippen LogP contribution is -2.43. The van der Waals surface area contributed by atoms with E-state index in [0.717, 1.165) is 18.4 Å². The van der Waals surface area contributed by atoms with Crippen molar-refractivity contribution >= 4 is 11.6 Å². The predicted octanol–water partition coefficient (Wildman–Crippen LogP) is 2.09. The van der Waals surface area contributed by atoms with Crippen molar-refractivity contribution in [1.82, 2.24) is 5.32 Å². The highest BCUT2D eigenvalue weighted by Gasteiger charge is 2.26. The Hall–Kier alpha value is -0.640. The highest BCUT2D eigenvalue weighted by Crippen LogP contribution is 2.21. The minimum absolute atomic E-state index is 0.161. The first-order valence-corrected chi connectivity index (χ1v) is 5.38. The van der Waals surface area contributed by atoms with Crippen LogP contribution in [-0.2, 0) is 6.54 Å². The number of halogens is 2. The van der Waals surface area contributed by atoms with Gasteiger partial charge < -0.3 is 10.4 Å². The third kappa shape index (κ3) is 2.68. The van der Waals surface area contributed by atoms with Gasteiger partial charge in [-0.25, -0.2) is 4.39 Å². The van der Waals surface area contributed by atoms with Crippen molar-refractivity contribution in [3.8, 4) is 0 Å². The van der Waals surface area contributed by atoms with Crippen LogP contribution in [0.15, 0.2) is 18.2 Å². The average molecular weight is 230 g/mol. The third-order valence-electron chi connectivity index (χ3n) is 2.71. The highest BCUT2D eigenvalue weighted by molar-refractivity contribution is 6.31. The Balaban J connectivity index is 1.88. The van der Waals surface area contributed by atoms with E-state index in [4.69, 9.17) is 16.7 Å². The van der Waals surface area contributed by atoms with Crippen molar-refractivity contribution in [2.75, 3.05) is 0 Å². The number of benzene rings is 1. The molecule has 0 heterocycles. The maximum atomic E-state index is 12.7. The van der Waals surface area contributed by atoms with Crippen molar-refractivity contribution in [2.45, 2.75) is 31.5 Å². The van der Waals surface area contributed by atoms with Crippen molar-refractivity contribution in [3.63, 3.8) is 0 Å². The molecule has 1 aromatic rings. The molecule has 1 fully saturated rings. The number of hydrogen-bond donors (Lipinski definition) is 2. The van der Waals surface area contributed by atoms with E-state index in [1.54, 1.807) is 6.07 Å². The average Bonchev–Trinajstić information content (AvgIpc) is 2.13. The second-order valence-corrected chi connectivity index (χ2v) is 4.35. The molecule has 1 aliphatic rings. The minimum Gasteiger partial charge on any atom is -0.393 e. The molecule has 15 heavy (non-hydrogen) atoms. The fourth-order valence-corrected chi connectivity index (χ4v) is 1.91. The van der Waals surface area contributed by atoms with Gasteiger partial charge in [0, 0.05) is 17.6 Å². The smallest absolute Gasteiger partial charge is 0.124 e. The molecule has 0 atom stereocenters. The second kappa shape index (κ2) is 4.47. The summed E-state index contributed by atoms with van der Waals surface area (Å²) in [5.74, 6) is -0.317. The summed E-state index contributed by atoms with van der Waals surface area (Å²) in [5, 5.41) is 12.8. The number of aliphatic hydroxyl groups is 1. The molecule has 82 valence electrons. The number of nitrogens with one attached hydrogen (secondary N) is 1. The number of hydrogen-bond acceptors (Lipinski definition) is 2. The van der Waals surface area contributed by atoms with Crippen LogP contribution in [-0.4, -0.2) is 17.3 Å². The number of aliphatic hydroxyl groups excluding tert-OH is 1. The quantitative estimate of drug-likeness (QED) is 0.832. The highest BCUT2D eigenvalue weighted by atomic mass is 35.5.